The first kappa shape index (κ1) is 13.0. The molecule has 0 aromatic heterocycles. The molecule has 0 unspecified atom stereocenters. The number of rotatable bonds is 6. The van der Waals surface area contributed by atoms with E-state index >= 15 is 0 Å². The van der Waals surface area contributed by atoms with Gasteiger partial charge in [0.15, 0.2) is 11.5 Å². The summed E-state index contributed by atoms with van der Waals surface area (Å²) in [6, 6.07) is 4.07. The summed E-state index contributed by atoms with van der Waals surface area (Å²) in [5.41, 5.74) is -0.0800. The van der Waals surface area contributed by atoms with Gasteiger partial charge in [-0.05, 0) is 13.0 Å². The third-order valence-corrected chi connectivity index (χ3v) is 2.07. The first-order valence-corrected chi connectivity index (χ1v) is 4.99. The number of ketones is 1. The van der Waals surface area contributed by atoms with E-state index in [-0.39, 0.29) is 30.2 Å². The molecule has 0 bridgehead atoms. The van der Waals surface area contributed by atoms with Crippen molar-refractivity contribution in [1.82, 2.24) is 0 Å². The van der Waals surface area contributed by atoms with Crippen LogP contribution in [0.4, 0.5) is 5.69 Å². The Balaban J connectivity index is 2.82. The summed E-state index contributed by atoms with van der Waals surface area (Å²) >= 11 is 0. The first-order valence-electron chi connectivity index (χ1n) is 4.99. The molecule has 0 radical (unpaired) electrons. The minimum Gasteiger partial charge on any atom is -0.493 e. The van der Waals surface area contributed by atoms with Crippen molar-refractivity contribution in [3.8, 4) is 11.5 Å². The lowest BCUT2D eigenvalue weighted by molar-refractivity contribution is -0.385. The number of carbonyl (C=O) groups is 1. The van der Waals surface area contributed by atoms with Crippen LogP contribution in [0.2, 0.25) is 0 Å². The van der Waals surface area contributed by atoms with Crippen LogP contribution in [-0.2, 0) is 4.79 Å². The number of non-ortho nitro benzene ring substituents is 1. The molecule has 0 amide bonds. The van der Waals surface area contributed by atoms with Crippen LogP contribution < -0.4 is 9.47 Å². The Morgan fingerprint density at radius 1 is 1.41 bits per heavy atom. The fourth-order valence-corrected chi connectivity index (χ4v) is 1.20. The summed E-state index contributed by atoms with van der Waals surface area (Å²) in [4.78, 5) is 20.8. The number of hydrogen-bond acceptors (Lipinski definition) is 5. The van der Waals surface area contributed by atoms with Gasteiger partial charge in [-0.15, -0.1) is 0 Å². The maximum Gasteiger partial charge on any atom is 0.273 e. The number of ether oxygens (including phenoxy) is 2. The highest BCUT2D eigenvalue weighted by Gasteiger charge is 2.12. The van der Waals surface area contributed by atoms with Crippen molar-refractivity contribution < 1.29 is 19.2 Å². The fraction of sp³-hybridized carbons (Fsp3) is 0.364. The molecule has 1 aromatic carbocycles. The van der Waals surface area contributed by atoms with Crippen LogP contribution >= 0.6 is 0 Å². The Morgan fingerprint density at radius 3 is 2.65 bits per heavy atom. The van der Waals surface area contributed by atoms with Crippen molar-refractivity contribution in [2.75, 3.05) is 13.7 Å². The topological polar surface area (TPSA) is 78.7 Å². The Bertz CT molecular complexity index is 430. The van der Waals surface area contributed by atoms with Gasteiger partial charge in [-0.2, -0.15) is 0 Å². The van der Waals surface area contributed by atoms with E-state index in [9.17, 15) is 14.9 Å². The summed E-state index contributed by atoms with van der Waals surface area (Å²) in [5, 5.41) is 10.6. The largest absolute Gasteiger partial charge is 0.493 e. The number of carbonyl (C=O) groups excluding carboxylic acids is 1. The van der Waals surface area contributed by atoms with Crippen molar-refractivity contribution in [2.45, 2.75) is 13.3 Å². The summed E-state index contributed by atoms with van der Waals surface area (Å²) in [6.07, 6.45) is 0.256. The molecule has 0 aliphatic rings. The van der Waals surface area contributed by atoms with Crippen LogP contribution in [0.3, 0.4) is 0 Å². The highest BCUT2D eigenvalue weighted by atomic mass is 16.6. The van der Waals surface area contributed by atoms with E-state index in [1.807, 2.05) is 0 Å². The van der Waals surface area contributed by atoms with Crippen molar-refractivity contribution in [2.24, 2.45) is 0 Å². The molecule has 1 aromatic rings. The van der Waals surface area contributed by atoms with Gasteiger partial charge in [-0.1, -0.05) is 0 Å². The number of nitrogens with zero attached hydrogens (tertiary/aromatic N) is 1. The molecular formula is C11H13NO5. The highest BCUT2D eigenvalue weighted by molar-refractivity contribution is 5.75. The quantitative estimate of drug-likeness (QED) is 0.560. The van der Waals surface area contributed by atoms with Crippen LogP contribution in [0.1, 0.15) is 13.3 Å². The maximum atomic E-state index is 10.7. The van der Waals surface area contributed by atoms with E-state index in [4.69, 9.17) is 9.47 Å². The van der Waals surface area contributed by atoms with Crippen molar-refractivity contribution in [1.29, 1.82) is 0 Å². The minimum absolute atomic E-state index is 0.00519. The molecule has 0 spiro atoms. The lowest BCUT2D eigenvalue weighted by Gasteiger charge is -2.09. The van der Waals surface area contributed by atoms with E-state index < -0.39 is 4.92 Å². The van der Waals surface area contributed by atoms with E-state index in [0.717, 1.165) is 0 Å². The van der Waals surface area contributed by atoms with E-state index in [0.29, 0.717) is 5.75 Å². The average molecular weight is 239 g/mol. The van der Waals surface area contributed by atoms with Gasteiger partial charge in [-0.25, -0.2) is 0 Å². The lowest BCUT2D eigenvalue weighted by atomic mass is 10.3. The van der Waals surface area contributed by atoms with Gasteiger partial charge < -0.3 is 9.47 Å². The zero-order valence-corrected chi connectivity index (χ0v) is 9.63. The monoisotopic (exact) mass is 239 g/mol. The average Bonchev–Trinajstić information content (AvgIpc) is 2.28. The molecule has 92 valence electrons. The number of hydrogen-bond donors (Lipinski definition) is 0. The highest BCUT2D eigenvalue weighted by Crippen LogP contribution is 2.31. The van der Waals surface area contributed by atoms with E-state index in [1.54, 1.807) is 0 Å². The molecule has 0 aliphatic heterocycles. The second-order valence-electron chi connectivity index (χ2n) is 3.39. The smallest absolute Gasteiger partial charge is 0.273 e. The van der Waals surface area contributed by atoms with Crippen molar-refractivity contribution in [3.63, 3.8) is 0 Å². The van der Waals surface area contributed by atoms with E-state index in [1.165, 1.54) is 32.2 Å². The fourth-order valence-electron chi connectivity index (χ4n) is 1.20. The molecule has 6 nitrogen and oxygen atoms in total. The van der Waals surface area contributed by atoms with Crippen LogP contribution in [0.5, 0.6) is 11.5 Å². The first-order chi connectivity index (χ1) is 8.04. The molecule has 0 aliphatic carbocycles. The molecule has 0 saturated carbocycles. The summed E-state index contributed by atoms with van der Waals surface area (Å²) in [7, 11) is 1.44. The standard InChI is InChI=1S/C11H13NO5/c1-8(13)5-6-17-11-7-9(12(14)15)3-4-10(11)16-2/h3-4,7H,5-6H2,1-2H3. The number of nitro benzene ring substituents is 1. The zero-order valence-electron chi connectivity index (χ0n) is 9.63. The van der Waals surface area contributed by atoms with Gasteiger partial charge in [0.05, 0.1) is 24.7 Å². The molecule has 0 saturated heterocycles. The molecular weight excluding hydrogens is 226 g/mol. The Labute approximate surface area is 98.3 Å². The van der Waals surface area contributed by atoms with Crippen molar-refractivity contribution >= 4 is 11.5 Å². The second-order valence-corrected chi connectivity index (χ2v) is 3.39. The van der Waals surface area contributed by atoms with Crippen molar-refractivity contribution in [3.05, 3.63) is 28.3 Å². The van der Waals surface area contributed by atoms with Gasteiger partial charge in [0.1, 0.15) is 5.78 Å². The van der Waals surface area contributed by atoms with Crippen LogP contribution in [-0.4, -0.2) is 24.4 Å². The Hall–Kier alpha value is -2.11. The van der Waals surface area contributed by atoms with Gasteiger partial charge >= 0.3 is 0 Å². The number of benzene rings is 1. The van der Waals surface area contributed by atoms with Gasteiger partial charge in [0, 0.05) is 12.5 Å². The number of Topliss-reactive ketones (excluding diaryl/α,β-unsaturated/α-hetero) is 1. The molecule has 0 heterocycles. The van der Waals surface area contributed by atoms with Crippen LogP contribution in [0.25, 0.3) is 0 Å². The molecule has 6 heteroatoms. The van der Waals surface area contributed by atoms with E-state index in [2.05, 4.69) is 0 Å². The van der Waals surface area contributed by atoms with Crippen LogP contribution in [0.15, 0.2) is 18.2 Å². The summed E-state index contributed by atoms with van der Waals surface area (Å²) < 4.78 is 10.3. The lowest BCUT2D eigenvalue weighted by Crippen LogP contribution is -2.04. The zero-order chi connectivity index (χ0) is 12.8. The third kappa shape index (κ3) is 3.75. The van der Waals surface area contributed by atoms with Gasteiger partial charge in [-0.3, -0.25) is 14.9 Å². The SMILES string of the molecule is COc1ccc([N+](=O)[O-])cc1OCCC(C)=O. The molecule has 17 heavy (non-hydrogen) atoms. The molecule has 0 atom stereocenters. The molecule has 0 fully saturated rings. The third-order valence-electron chi connectivity index (χ3n) is 2.07. The normalized spacial score (nSPS) is 9.76. The summed E-state index contributed by atoms with van der Waals surface area (Å²) in [6.45, 7) is 1.63. The Morgan fingerprint density at radius 2 is 2.12 bits per heavy atom. The predicted octanol–water partition coefficient (Wildman–Crippen LogP) is 1.96. The Kier molecular flexibility index (Phi) is 4.45. The minimum atomic E-state index is -0.517. The number of methoxy groups -OCH3 is 1. The number of nitro groups is 1. The summed E-state index contributed by atoms with van der Waals surface area (Å²) in [5.74, 6) is 0.663. The second kappa shape index (κ2) is 5.83. The maximum absolute atomic E-state index is 10.7. The predicted molar refractivity (Wildman–Crippen MR) is 60.4 cm³/mol. The molecule has 1 rings (SSSR count). The van der Waals surface area contributed by atoms with Crippen LogP contribution in [0, 0.1) is 10.1 Å². The van der Waals surface area contributed by atoms with Gasteiger partial charge in [0.25, 0.3) is 5.69 Å². The molecule has 0 N–H and O–H groups in total. The van der Waals surface area contributed by atoms with Gasteiger partial charge in [0.2, 0.25) is 0 Å².